The van der Waals surface area contributed by atoms with Gasteiger partial charge in [0.25, 0.3) is 0 Å². The van der Waals surface area contributed by atoms with Gasteiger partial charge < -0.3 is 4.74 Å². The first-order chi connectivity index (χ1) is 6.74. The molecule has 14 heavy (non-hydrogen) atoms. The third kappa shape index (κ3) is 1.25. The van der Waals surface area contributed by atoms with E-state index in [4.69, 9.17) is 4.74 Å². The lowest BCUT2D eigenvalue weighted by Crippen LogP contribution is -2.01. The van der Waals surface area contributed by atoms with Crippen LogP contribution in [0, 0.1) is 0 Å². The van der Waals surface area contributed by atoms with E-state index in [2.05, 4.69) is 25.0 Å². The molecule has 0 aliphatic carbocycles. The molecular weight excluding hydrogens is 176 g/mol. The van der Waals surface area contributed by atoms with Crippen molar-refractivity contribution in [1.29, 1.82) is 0 Å². The summed E-state index contributed by atoms with van der Waals surface area (Å²) in [7, 11) is 1.68. The van der Waals surface area contributed by atoms with Gasteiger partial charge in [-0.3, -0.25) is 0 Å². The molecule has 0 amide bonds. The summed E-state index contributed by atoms with van der Waals surface area (Å²) in [5, 5.41) is 4.29. The second kappa shape index (κ2) is 3.33. The van der Waals surface area contributed by atoms with Gasteiger partial charge in [-0.2, -0.15) is 5.10 Å². The molecule has 0 saturated carbocycles. The van der Waals surface area contributed by atoms with Gasteiger partial charge in [-0.25, -0.2) is 4.52 Å². The van der Waals surface area contributed by atoms with Crippen LogP contribution in [0.2, 0.25) is 0 Å². The van der Waals surface area contributed by atoms with Crippen molar-refractivity contribution in [3.8, 4) is 5.75 Å². The van der Waals surface area contributed by atoms with Gasteiger partial charge in [-0.15, -0.1) is 0 Å². The summed E-state index contributed by atoms with van der Waals surface area (Å²) in [5.74, 6) is 1.33. The molecule has 2 heterocycles. The molecule has 0 saturated heterocycles. The zero-order chi connectivity index (χ0) is 10.1. The molecule has 74 valence electrons. The summed E-state index contributed by atoms with van der Waals surface area (Å²) < 4.78 is 7.19. The highest BCUT2D eigenvalue weighted by Crippen LogP contribution is 2.23. The van der Waals surface area contributed by atoms with Gasteiger partial charge in [0.15, 0.2) is 0 Å². The van der Waals surface area contributed by atoms with Crippen molar-refractivity contribution >= 4 is 5.52 Å². The Labute approximate surface area is 83.3 Å². The lowest BCUT2D eigenvalue weighted by Gasteiger charge is -2.10. The number of rotatable bonds is 2. The van der Waals surface area contributed by atoms with E-state index in [-0.39, 0.29) is 0 Å². The Morgan fingerprint density at radius 1 is 1.29 bits per heavy atom. The molecule has 0 bridgehead atoms. The van der Waals surface area contributed by atoms with Gasteiger partial charge in [0.2, 0.25) is 0 Å². The first kappa shape index (κ1) is 9.06. The summed E-state index contributed by atoms with van der Waals surface area (Å²) in [6.45, 7) is 4.31. The quantitative estimate of drug-likeness (QED) is 0.727. The maximum Gasteiger partial charge on any atom is 0.144 e. The van der Waals surface area contributed by atoms with Crippen LogP contribution >= 0.6 is 0 Å². The molecule has 2 aromatic rings. The minimum atomic E-state index is 0.461. The highest BCUT2D eigenvalue weighted by atomic mass is 16.5. The average Bonchev–Trinajstić information content (AvgIpc) is 2.64. The molecule has 0 N–H and O–H groups in total. The monoisotopic (exact) mass is 190 g/mol. The molecule has 0 radical (unpaired) electrons. The molecule has 3 nitrogen and oxygen atoms in total. The largest absolute Gasteiger partial charge is 0.494 e. The van der Waals surface area contributed by atoms with Gasteiger partial charge in [0.1, 0.15) is 11.3 Å². The summed E-state index contributed by atoms with van der Waals surface area (Å²) in [6.07, 6.45) is 1.80. The number of hydrogen-bond acceptors (Lipinski definition) is 2. The van der Waals surface area contributed by atoms with Crippen LogP contribution in [-0.4, -0.2) is 16.7 Å². The first-order valence-electron chi connectivity index (χ1n) is 4.74. The Balaban J connectivity index is 2.72. The molecule has 0 spiro atoms. The number of ether oxygens (including phenoxy) is 1. The highest BCUT2D eigenvalue weighted by Gasteiger charge is 2.08. The Bertz CT molecular complexity index is 445. The molecule has 2 aromatic heterocycles. The fourth-order valence-corrected chi connectivity index (χ4v) is 1.62. The maximum absolute atomic E-state index is 5.26. The molecule has 2 rings (SSSR count). The van der Waals surface area contributed by atoms with E-state index in [1.54, 1.807) is 13.3 Å². The molecular formula is C11H14N2O. The minimum Gasteiger partial charge on any atom is -0.494 e. The Hall–Kier alpha value is -1.51. The third-order valence-electron chi connectivity index (χ3n) is 2.36. The van der Waals surface area contributed by atoms with Crippen LogP contribution in [0.3, 0.4) is 0 Å². The van der Waals surface area contributed by atoms with Gasteiger partial charge in [0.05, 0.1) is 13.3 Å². The van der Waals surface area contributed by atoms with Crippen LogP contribution in [0.5, 0.6) is 5.75 Å². The molecule has 3 heteroatoms. The van der Waals surface area contributed by atoms with Gasteiger partial charge >= 0.3 is 0 Å². The average molecular weight is 190 g/mol. The summed E-state index contributed by atoms with van der Waals surface area (Å²) in [6, 6.07) is 6.01. The van der Waals surface area contributed by atoms with Crippen LogP contribution < -0.4 is 4.74 Å². The second-order valence-corrected chi connectivity index (χ2v) is 3.61. The van der Waals surface area contributed by atoms with Crippen molar-refractivity contribution in [3.05, 3.63) is 30.1 Å². The summed E-state index contributed by atoms with van der Waals surface area (Å²) >= 11 is 0. The van der Waals surface area contributed by atoms with E-state index >= 15 is 0 Å². The standard InChI is InChI=1S/C11H14N2O/c1-8(2)9-4-5-11(14-3)10-6-7-12-13(9)10/h4-8H,1-3H3. The van der Waals surface area contributed by atoms with Crippen molar-refractivity contribution in [2.24, 2.45) is 0 Å². The zero-order valence-corrected chi connectivity index (χ0v) is 8.69. The van der Waals surface area contributed by atoms with Crippen LogP contribution in [0.1, 0.15) is 25.5 Å². The Kier molecular flexibility index (Phi) is 2.15. The number of methoxy groups -OCH3 is 1. The van der Waals surface area contributed by atoms with E-state index in [1.807, 2.05) is 16.6 Å². The van der Waals surface area contributed by atoms with Crippen LogP contribution in [0.4, 0.5) is 0 Å². The van der Waals surface area contributed by atoms with E-state index in [0.717, 1.165) is 11.3 Å². The SMILES string of the molecule is COc1ccc(C(C)C)n2nccc12. The molecule has 0 unspecified atom stereocenters. The maximum atomic E-state index is 5.26. The van der Waals surface area contributed by atoms with E-state index in [1.165, 1.54) is 5.69 Å². The second-order valence-electron chi connectivity index (χ2n) is 3.61. The lowest BCUT2D eigenvalue weighted by molar-refractivity contribution is 0.417. The number of pyridine rings is 1. The van der Waals surface area contributed by atoms with Gasteiger partial charge in [-0.05, 0) is 24.1 Å². The van der Waals surface area contributed by atoms with Crippen LogP contribution in [0.15, 0.2) is 24.4 Å². The zero-order valence-electron chi connectivity index (χ0n) is 8.69. The predicted octanol–water partition coefficient (Wildman–Crippen LogP) is 2.47. The molecule has 0 aliphatic heterocycles. The molecule has 0 atom stereocenters. The van der Waals surface area contributed by atoms with Crippen molar-refractivity contribution in [1.82, 2.24) is 9.61 Å². The fourth-order valence-electron chi connectivity index (χ4n) is 1.62. The van der Waals surface area contributed by atoms with E-state index < -0.39 is 0 Å². The minimum absolute atomic E-state index is 0.461. The lowest BCUT2D eigenvalue weighted by atomic mass is 10.1. The number of fused-ring (bicyclic) bond motifs is 1. The van der Waals surface area contributed by atoms with Crippen LogP contribution in [0.25, 0.3) is 5.52 Å². The Morgan fingerprint density at radius 3 is 2.71 bits per heavy atom. The summed E-state index contributed by atoms with van der Waals surface area (Å²) in [4.78, 5) is 0. The fraction of sp³-hybridized carbons (Fsp3) is 0.364. The van der Waals surface area contributed by atoms with Gasteiger partial charge in [-0.1, -0.05) is 13.8 Å². The first-order valence-corrected chi connectivity index (χ1v) is 4.74. The summed E-state index contributed by atoms with van der Waals surface area (Å²) in [5.41, 5.74) is 2.23. The van der Waals surface area contributed by atoms with Crippen molar-refractivity contribution in [2.45, 2.75) is 19.8 Å². The topological polar surface area (TPSA) is 26.5 Å². The van der Waals surface area contributed by atoms with Crippen molar-refractivity contribution in [3.63, 3.8) is 0 Å². The normalized spacial score (nSPS) is 11.1. The van der Waals surface area contributed by atoms with E-state index in [9.17, 15) is 0 Å². The number of nitrogens with zero attached hydrogens (tertiary/aromatic N) is 2. The van der Waals surface area contributed by atoms with E-state index in [0.29, 0.717) is 5.92 Å². The highest BCUT2D eigenvalue weighted by molar-refractivity contribution is 5.59. The number of aromatic nitrogens is 2. The van der Waals surface area contributed by atoms with Crippen molar-refractivity contribution in [2.75, 3.05) is 7.11 Å². The number of hydrogen-bond donors (Lipinski definition) is 0. The van der Waals surface area contributed by atoms with Crippen molar-refractivity contribution < 1.29 is 4.74 Å². The third-order valence-corrected chi connectivity index (χ3v) is 2.36. The van der Waals surface area contributed by atoms with Gasteiger partial charge in [0, 0.05) is 5.69 Å². The van der Waals surface area contributed by atoms with Crippen LogP contribution in [-0.2, 0) is 0 Å². The molecule has 0 aliphatic rings. The smallest absolute Gasteiger partial charge is 0.144 e. The molecule has 0 fully saturated rings. The predicted molar refractivity (Wildman–Crippen MR) is 55.8 cm³/mol. The molecule has 0 aromatic carbocycles. The Morgan fingerprint density at radius 2 is 2.07 bits per heavy atom.